The second kappa shape index (κ2) is 10.5. The van der Waals surface area contributed by atoms with E-state index in [9.17, 15) is 4.39 Å². The van der Waals surface area contributed by atoms with Crippen molar-refractivity contribution >= 4 is 18.0 Å². The van der Waals surface area contributed by atoms with Crippen molar-refractivity contribution in [2.24, 2.45) is 0 Å². The smallest absolute Gasteiger partial charge is 0.203 e. The van der Waals surface area contributed by atoms with E-state index >= 15 is 4.39 Å². The number of ether oxygens (including phenoxy) is 3. The summed E-state index contributed by atoms with van der Waals surface area (Å²) in [5, 5.41) is 0. The van der Waals surface area contributed by atoms with Gasteiger partial charge in [0.25, 0.3) is 0 Å². The highest BCUT2D eigenvalue weighted by Gasteiger charge is 2.58. The van der Waals surface area contributed by atoms with Crippen molar-refractivity contribution in [2.75, 3.05) is 19.0 Å². The van der Waals surface area contributed by atoms with Crippen molar-refractivity contribution < 1.29 is 23.0 Å². The molecule has 4 atom stereocenters. The highest BCUT2D eigenvalue weighted by atomic mass is 32.1. The number of nitrogen functional groups attached to an aromatic ring is 1. The summed E-state index contributed by atoms with van der Waals surface area (Å²) in [5.74, 6) is 0.199. The van der Waals surface area contributed by atoms with Crippen LogP contribution in [0.4, 0.5) is 14.6 Å². The van der Waals surface area contributed by atoms with Crippen LogP contribution in [0.15, 0.2) is 72.9 Å². The number of alkyl halides is 2. The Morgan fingerprint density at radius 2 is 1.67 bits per heavy atom. The van der Waals surface area contributed by atoms with E-state index < -0.39 is 30.8 Å². The molecule has 0 saturated carbocycles. The highest BCUT2D eigenvalue weighted by molar-refractivity contribution is 7.71. The number of rotatable bonds is 9. The van der Waals surface area contributed by atoms with Gasteiger partial charge in [-0.2, -0.15) is 0 Å². The quantitative estimate of drug-likeness (QED) is 0.459. The first-order valence-electron chi connectivity index (χ1n) is 10.5. The molecule has 3 aromatic rings. The van der Waals surface area contributed by atoms with E-state index in [0.717, 1.165) is 11.1 Å². The van der Waals surface area contributed by atoms with E-state index in [0.29, 0.717) is 0 Å². The van der Waals surface area contributed by atoms with E-state index in [-0.39, 0.29) is 30.4 Å². The molecule has 0 spiro atoms. The molecule has 0 bridgehead atoms. The molecule has 0 radical (unpaired) electrons. The van der Waals surface area contributed by atoms with Gasteiger partial charge in [-0.1, -0.05) is 60.7 Å². The maximum absolute atomic E-state index is 15.8. The molecule has 174 valence electrons. The van der Waals surface area contributed by atoms with Gasteiger partial charge in [0.05, 0.1) is 19.8 Å². The highest BCUT2D eigenvalue weighted by Crippen LogP contribution is 2.42. The zero-order valence-corrected chi connectivity index (χ0v) is 18.7. The first-order chi connectivity index (χ1) is 16.0. The lowest BCUT2D eigenvalue weighted by molar-refractivity contribution is -0.164. The van der Waals surface area contributed by atoms with Crippen LogP contribution in [0, 0.1) is 4.77 Å². The number of hydrogen-bond donors (Lipinski definition) is 1. The molecular formula is C24H25F2N3O3S. The third-order valence-corrected chi connectivity index (χ3v) is 5.82. The van der Waals surface area contributed by atoms with Crippen LogP contribution < -0.4 is 5.73 Å². The third kappa shape index (κ3) is 5.27. The van der Waals surface area contributed by atoms with Gasteiger partial charge < -0.3 is 19.9 Å². The second-order valence-electron chi connectivity index (χ2n) is 7.89. The summed E-state index contributed by atoms with van der Waals surface area (Å²) in [5.41, 5.74) is 5.74. The maximum atomic E-state index is 15.8. The molecule has 1 aliphatic heterocycles. The molecule has 1 aliphatic rings. The number of halogens is 2. The minimum atomic E-state index is -1.72. The Morgan fingerprint density at radius 1 is 1.03 bits per heavy atom. The summed E-state index contributed by atoms with van der Waals surface area (Å²) in [6.07, 6.45) is -2.71. The van der Waals surface area contributed by atoms with Crippen molar-refractivity contribution in [2.45, 2.75) is 37.3 Å². The molecular weight excluding hydrogens is 448 g/mol. The van der Waals surface area contributed by atoms with Gasteiger partial charge in [-0.25, -0.2) is 13.8 Å². The predicted octanol–water partition coefficient (Wildman–Crippen LogP) is 4.57. The van der Waals surface area contributed by atoms with Gasteiger partial charge in [-0.3, -0.25) is 4.57 Å². The Balaban J connectivity index is 1.58. The van der Waals surface area contributed by atoms with Gasteiger partial charge in [0, 0.05) is 6.20 Å². The predicted molar refractivity (Wildman–Crippen MR) is 122 cm³/mol. The Morgan fingerprint density at radius 3 is 2.27 bits per heavy atom. The van der Waals surface area contributed by atoms with Crippen LogP contribution in [0.2, 0.25) is 0 Å². The zero-order valence-electron chi connectivity index (χ0n) is 17.8. The average molecular weight is 474 g/mol. The fourth-order valence-corrected chi connectivity index (χ4v) is 4.09. The summed E-state index contributed by atoms with van der Waals surface area (Å²) >= 11 is 5.23. The number of nitrogens with zero attached hydrogens (tertiary/aromatic N) is 2. The molecule has 1 fully saturated rings. The molecule has 2 aromatic carbocycles. The first-order valence-corrected chi connectivity index (χ1v) is 10.9. The van der Waals surface area contributed by atoms with Gasteiger partial charge in [0.2, 0.25) is 4.77 Å². The molecule has 0 unspecified atom stereocenters. The SMILES string of the molecule is Nc1ccn([C@@H]2O[C@](CF)(COCc3ccccc3)[C@H](OCc3ccccc3)[C@@H]2F)c(=S)n1. The average Bonchev–Trinajstić information content (AvgIpc) is 3.10. The van der Waals surface area contributed by atoms with Crippen LogP contribution in [-0.2, 0) is 27.4 Å². The fourth-order valence-electron chi connectivity index (χ4n) is 3.82. The lowest BCUT2D eigenvalue weighted by Crippen LogP contribution is -2.49. The van der Waals surface area contributed by atoms with Crippen LogP contribution in [0.1, 0.15) is 17.4 Å². The summed E-state index contributed by atoms with van der Waals surface area (Å²) in [6.45, 7) is -0.895. The summed E-state index contributed by atoms with van der Waals surface area (Å²) in [4.78, 5) is 3.99. The van der Waals surface area contributed by atoms with Gasteiger partial charge in [0.1, 0.15) is 18.6 Å². The Bertz CT molecular complexity index is 1100. The fraction of sp³-hybridized carbons (Fsp3) is 0.333. The molecule has 33 heavy (non-hydrogen) atoms. The Kier molecular flexibility index (Phi) is 7.44. The lowest BCUT2D eigenvalue weighted by Gasteiger charge is -2.31. The standard InChI is InChI=1S/C24H25F2N3O3S/c25-15-24(16-30-13-17-7-3-1-4-8-17)21(31-14-18-9-5-2-6-10-18)20(26)22(32-24)29-12-11-19(27)28-23(29)33/h1-12,20-22H,13-16H2,(H2,27,28,33)/t20-,21+,22+,24+/m0/s1. The lowest BCUT2D eigenvalue weighted by atomic mass is 9.97. The molecule has 4 rings (SSSR count). The van der Waals surface area contributed by atoms with E-state index in [4.69, 9.17) is 32.2 Å². The molecule has 0 amide bonds. The van der Waals surface area contributed by atoms with Crippen molar-refractivity contribution in [3.05, 3.63) is 88.8 Å². The van der Waals surface area contributed by atoms with Crippen molar-refractivity contribution in [1.82, 2.24) is 9.55 Å². The monoisotopic (exact) mass is 473 g/mol. The van der Waals surface area contributed by atoms with Gasteiger partial charge in [0.15, 0.2) is 18.0 Å². The zero-order chi connectivity index (χ0) is 23.3. The van der Waals surface area contributed by atoms with Crippen molar-refractivity contribution in [3.63, 3.8) is 0 Å². The van der Waals surface area contributed by atoms with Crippen LogP contribution in [0.5, 0.6) is 0 Å². The third-order valence-electron chi connectivity index (χ3n) is 5.52. The topological polar surface area (TPSA) is 71.5 Å². The number of benzene rings is 2. The summed E-state index contributed by atoms with van der Waals surface area (Å²) < 4.78 is 49.3. The second-order valence-corrected chi connectivity index (χ2v) is 8.25. The molecule has 6 nitrogen and oxygen atoms in total. The number of anilines is 1. The molecule has 1 saturated heterocycles. The number of aromatic nitrogens is 2. The van der Waals surface area contributed by atoms with Crippen molar-refractivity contribution in [1.29, 1.82) is 0 Å². The minimum absolute atomic E-state index is 0.0318. The van der Waals surface area contributed by atoms with Gasteiger partial charge in [-0.05, 0) is 29.4 Å². The van der Waals surface area contributed by atoms with E-state index in [1.807, 2.05) is 60.7 Å². The maximum Gasteiger partial charge on any atom is 0.203 e. The van der Waals surface area contributed by atoms with Crippen molar-refractivity contribution in [3.8, 4) is 0 Å². The largest absolute Gasteiger partial charge is 0.384 e. The Labute approximate surface area is 195 Å². The Hall–Kier alpha value is -2.72. The molecule has 2 N–H and O–H groups in total. The van der Waals surface area contributed by atoms with E-state index in [1.54, 1.807) is 0 Å². The minimum Gasteiger partial charge on any atom is -0.384 e. The molecule has 0 aliphatic carbocycles. The van der Waals surface area contributed by atoms with Crippen LogP contribution >= 0.6 is 12.2 Å². The molecule has 1 aromatic heterocycles. The van der Waals surface area contributed by atoms with E-state index in [1.165, 1.54) is 16.8 Å². The van der Waals surface area contributed by atoms with E-state index in [2.05, 4.69) is 4.98 Å². The molecule has 9 heteroatoms. The number of nitrogens with two attached hydrogens (primary N) is 1. The van der Waals surface area contributed by atoms with Crippen LogP contribution in [0.25, 0.3) is 0 Å². The van der Waals surface area contributed by atoms with Crippen LogP contribution in [0.3, 0.4) is 0 Å². The molecule has 2 heterocycles. The summed E-state index contributed by atoms with van der Waals surface area (Å²) in [6, 6.07) is 20.2. The normalized spacial score (nSPS) is 24.7. The summed E-state index contributed by atoms with van der Waals surface area (Å²) in [7, 11) is 0. The van der Waals surface area contributed by atoms with Crippen LogP contribution in [-0.4, -0.2) is 40.7 Å². The first kappa shape index (κ1) is 23.4. The van der Waals surface area contributed by atoms with Gasteiger partial charge >= 0.3 is 0 Å². The van der Waals surface area contributed by atoms with Gasteiger partial charge in [-0.15, -0.1) is 0 Å². The number of hydrogen-bond acceptors (Lipinski definition) is 6.